The molecule has 0 amide bonds. The quantitative estimate of drug-likeness (QED) is 0.518. The average Bonchev–Trinajstić information content (AvgIpc) is 3.13. The van der Waals surface area contributed by atoms with Crippen LogP contribution in [0.15, 0.2) is 79.1 Å². The number of nitrogens with zero attached hydrogens (tertiary/aromatic N) is 3. The Morgan fingerprint density at radius 1 is 0.926 bits per heavy atom. The summed E-state index contributed by atoms with van der Waals surface area (Å²) >= 11 is 0. The van der Waals surface area contributed by atoms with Gasteiger partial charge in [0.1, 0.15) is 6.33 Å². The third kappa shape index (κ3) is 3.04. The zero-order chi connectivity index (χ0) is 18.2. The van der Waals surface area contributed by atoms with Crippen molar-refractivity contribution in [1.82, 2.24) is 14.5 Å². The van der Waals surface area contributed by atoms with E-state index in [1.54, 1.807) is 0 Å². The second-order valence-corrected chi connectivity index (χ2v) is 7.50. The highest BCUT2D eigenvalue weighted by molar-refractivity contribution is 5.77. The standard InChI is InChI=1S/C24H23N3/c1-18-13-20-8-2-3-9-21(20)16-26(18)15-19-7-6-10-22(14-19)27-17-25-23-11-4-5-12-24(23)27/h2-12,14,17-18H,13,15-16H2,1H3. The number of aromatic nitrogens is 2. The van der Waals surface area contributed by atoms with E-state index >= 15 is 0 Å². The van der Waals surface area contributed by atoms with Crippen molar-refractivity contribution in [2.75, 3.05) is 0 Å². The van der Waals surface area contributed by atoms with E-state index in [2.05, 4.69) is 88.1 Å². The van der Waals surface area contributed by atoms with Gasteiger partial charge in [-0.1, -0.05) is 48.5 Å². The minimum atomic E-state index is 0.553. The lowest BCUT2D eigenvalue weighted by Gasteiger charge is -2.35. The molecule has 0 spiro atoms. The first-order valence-electron chi connectivity index (χ1n) is 9.60. The number of fused-ring (bicyclic) bond motifs is 2. The molecule has 0 aliphatic carbocycles. The van der Waals surface area contributed by atoms with Crippen LogP contribution in [-0.2, 0) is 19.5 Å². The van der Waals surface area contributed by atoms with Crippen LogP contribution in [0.1, 0.15) is 23.6 Å². The Morgan fingerprint density at radius 2 is 1.74 bits per heavy atom. The second kappa shape index (κ2) is 6.67. The molecule has 0 saturated heterocycles. The Morgan fingerprint density at radius 3 is 2.67 bits per heavy atom. The highest BCUT2D eigenvalue weighted by Crippen LogP contribution is 2.25. The fourth-order valence-corrected chi connectivity index (χ4v) is 4.15. The van der Waals surface area contributed by atoms with Gasteiger partial charge in [-0.05, 0) is 54.3 Å². The van der Waals surface area contributed by atoms with Crippen LogP contribution in [0.3, 0.4) is 0 Å². The normalized spacial score (nSPS) is 17.1. The van der Waals surface area contributed by atoms with Crippen LogP contribution in [0.5, 0.6) is 0 Å². The summed E-state index contributed by atoms with van der Waals surface area (Å²) in [5.41, 5.74) is 7.66. The lowest BCUT2D eigenvalue weighted by molar-refractivity contribution is 0.175. The lowest BCUT2D eigenvalue weighted by Crippen LogP contribution is -2.37. The molecule has 1 aliphatic heterocycles. The summed E-state index contributed by atoms with van der Waals surface area (Å²) in [5, 5.41) is 0. The zero-order valence-electron chi connectivity index (χ0n) is 15.5. The van der Waals surface area contributed by atoms with Crippen LogP contribution < -0.4 is 0 Å². The number of para-hydroxylation sites is 2. The molecule has 0 radical (unpaired) electrons. The topological polar surface area (TPSA) is 21.1 Å². The Bertz CT molecular complexity index is 1100. The molecule has 3 aromatic carbocycles. The average molecular weight is 353 g/mol. The van der Waals surface area contributed by atoms with E-state index in [0.717, 1.165) is 30.5 Å². The van der Waals surface area contributed by atoms with Crippen molar-refractivity contribution in [3.8, 4) is 5.69 Å². The van der Waals surface area contributed by atoms with Crippen molar-refractivity contribution in [2.24, 2.45) is 0 Å². The molecule has 0 bridgehead atoms. The monoisotopic (exact) mass is 353 g/mol. The third-order valence-corrected chi connectivity index (χ3v) is 5.66. The van der Waals surface area contributed by atoms with E-state index in [9.17, 15) is 0 Å². The minimum absolute atomic E-state index is 0.553. The predicted octanol–water partition coefficient (Wildman–Crippen LogP) is 4.97. The zero-order valence-corrected chi connectivity index (χ0v) is 15.5. The molecule has 0 saturated carbocycles. The summed E-state index contributed by atoms with van der Waals surface area (Å²) in [5.74, 6) is 0. The van der Waals surface area contributed by atoms with E-state index in [1.165, 1.54) is 22.4 Å². The Balaban J connectivity index is 1.43. The fraction of sp³-hybridized carbons (Fsp3) is 0.208. The van der Waals surface area contributed by atoms with Crippen molar-refractivity contribution < 1.29 is 0 Å². The lowest BCUT2D eigenvalue weighted by atomic mass is 9.94. The molecular formula is C24H23N3. The molecule has 3 nitrogen and oxygen atoms in total. The Labute approximate surface area is 159 Å². The SMILES string of the molecule is CC1Cc2ccccc2CN1Cc1cccc(-n2cnc3ccccc32)c1. The van der Waals surface area contributed by atoms with Gasteiger partial charge >= 0.3 is 0 Å². The molecule has 2 heterocycles. The summed E-state index contributed by atoms with van der Waals surface area (Å²) < 4.78 is 2.17. The van der Waals surface area contributed by atoms with Crippen LogP contribution in [0.25, 0.3) is 16.7 Å². The van der Waals surface area contributed by atoms with Gasteiger partial charge in [0.25, 0.3) is 0 Å². The molecule has 27 heavy (non-hydrogen) atoms. The summed E-state index contributed by atoms with van der Waals surface area (Å²) in [7, 11) is 0. The Kier molecular flexibility index (Phi) is 4.02. The van der Waals surface area contributed by atoms with Gasteiger partial charge in [0.15, 0.2) is 0 Å². The van der Waals surface area contributed by atoms with E-state index in [0.29, 0.717) is 6.04 Å². The van der Waals surface area contributed by atoms with Gasteiger partial charge in [0, 0.05) is 24.8 Å². The number of rotatable bonds is 3. The van der Waals surface area contributed by atoms with Crippen LogP contribution >= 0.6 is 0 Å². The molecule has 4 aromatic rings. The molecule has 0 fully saturated rings. The highest BCUT2D eigenvalue weighted by atomic mass is 15.2. The van der Waals surface area contributed by atoms with Crippen molar-refractivity contribution in [1.29, 1.82) is 0 Å². The maximum Gasteiger partial charge on any atom is 0.100 e. The molecule has 5 rings (SSSR count). The highest BCUT2D eigenvalue weighted by Gasteiger charge is 2.22. The fourth-order valence-electron chi connectivity index (χ4n) is 4.15. The van der Waals surface area contributed by atoms with E-state index in [1.807, 2.05) is 12.4 Å². The predicted molar refractivity (Wildman–Crippen MR) is 110 cm³/mol. The van der Waals surface area contributed by atoms with Crippen molar-refractivity contribution >= 4 is 11.0 Å². The number of hydrogen-bond acceptors (Lipinski definition) is 2. The molecule has 1 atom stereocenters. The number of hydrogen-bond donors (Lipinski definition) is 0. The van der Waals surface area contributed by atoms with Gasteiger partial charge in [-0.2, -0.15) is 0 Å². The first-order valence-corrected chi connectivity index (χ1v) is 9.60. The van der Waals surface area contributed by atoms with Crippen LogP contribution in [0.2, 0.25) is 0 Å². The first kappa shape index (κ1) is 16.3. The Hall–Kier alpha value is -2.91. The van der Waals surface area contributed by atoms with Crippen molar-refractivity contribution in [2.45, 2.75) is 32.5 Å². The van der Waals surface area contributed by atoms with E-state index < -0.39 is 0 Å². The van der Waals surface area contributed by atoms with Gasteiger partial charge in [0.2, 0.25) is 0 Å². The maximum atomic E-state index is 4.53. The third-order valence-electron chi connectivity index (χ3n) is 5.66. The van der Waals surface area contributed by atoms with Gasteiger partial charge in [-0.25, -0.2) is 4.98 Å². The van der Waals surface area contributed by atoms with E-state index in [4.69, 9.17) is 0 Å². The van der Waals surface area contributed by atoms with Crippen molar-refractivity contribution in [3.05, 3.63) is 95.8 Å². The summed E-state index contributed by atoms with van der Waals surface area (Å²) in [6.07, 6.45) is 3.05. The molecule has 3 heteroatoms. The van der Waals surface area contributed by atoms with Gasteiger partial charge in [0.05, 0.1) is 11.0 Å². The molecule has 1 aromatic heterocycles. The smallest absolute Gasteiger partial charge is 0.100 e. The van der Waals surface area contributed by atoms with Gasteiger partial charge in [-0.15, -0.1) is 0 Å². The van der Waals surface area contributed by atoms with Crippen molar-refractivity contribution in [3.63, 3.8) is 0 Å². The molecule has 1 aliphatic rings. The number of benzene rings is 3. The molecule has 1 unspecified atom stereocenters. The van der Waals surface area contributed by atoms with Crippen LogP contribution in [0, 0.1) is 0 Å². The summed E-state index contributed by atoms with van der Waals surface area (Å²) in [6, 6.07) is 26.5. The second-order valence-electron chi connectivity index (χ2n) is 7.50. The van der Waals surface area contributed by atoms with Crippen LogP contribution in [-0.4, -0.2) is 20.5 Å². The maximum absolute atomic E-state index is 4.53. The first-order chi connectivity index (χ1) is 13.3. The summed E-state index contributed by atoms with van der Waals surface area (Å²) in [4.78, 5) is 7.11. The molecule has 0 N–H and O–H groups in total. The largest absolute Gasteiger partial charge is 0.299 e. The minimum Gasteiger partial charge on any atom is -0.299 e. The molecular weight excluding hydrogens is 330 g/mol. The van der Waals surface area contributed by atoms with Gasteiger partial charge < -0.3 is 0 Å². The summed E-state index contributed by atoms with van der Waals surface area (Å²) in [6.45, 7) is 4.33. The van der Waals surface area contributed by atoms with Crippen LogP contribution in [0.4, 0.5) is 0 Å². The van der Waals surface area contributed by atoms with Gasteiger partial charge in [-0.3, -0.25) is 9.47 Å². The number of imidazole rings is 1. The van der Waals surface area contributed by atoms with E-state index in [-0.39, 0.29) is 0 Å². The molecule has 134 valence electrons.